The van der Waals surface area contributed by atoms with Gasteiger partial charge in [-0.05, 0) is 6.37 Å². The molecule has 0 atom stereocenters. The maximum Gasteiger partial charge on any atom is 0.216 e. The fourth-order valence-electron chi connectivity index (χ4n) is 0.319. The number of rotatable bonds is 4. The van der Waals surface area contributed by atoms with Gasteiger partial charge in [-0.3, -0.25) is 4.79 Å². The maximum atomic E-state index is 10.8. The van der Waals surface area contributed by atoms with Crippen LogP contribution in [0.2, 0.25) is 0 Å². The molecular formula is C5H10NO4S-. The van der Waals surface area contributed by atoms with Crippen LogP contribution in [-0.2, 0) is 14.9 Å². The van der Waals surface area contributed by atoms with E-state index in [1.54, 1.807) is 5.32 Å². The van der Waals surface area contributed by atoms with E-state index < -0.39 is 41.5 Å². The van der Waals surface area contributed by atoms with Gasteiger partial charge in [0.1, 0.15) is 0 Å². The summed E-state index contributed by atoms with van der Waals surface area (Å²) in [6.07, 6.45) is -2.50. The van der Waals surface area contributed by atoms with E-state index in [-0.39, 0.29) is 0 Å². The van der Waals surface area contributed by atoms with Crippen molar-refractivity contribution in [2.24, 2.45) is 0 Å². The summed E-state index contributed by atoms with van der Waals surface area (Å²) in [6, 6.07) is 0. The third-order valence-electron chi connectivity index (χ3n) is 0.653. The molecule has 0 radical (unpaired) electrons. The second-order valence-corrected chi connectivity index (χ2v) is 3.04. The summed E-state index contributed by atoms with van der Waals surface area (Å²) < 4.78 is 64.9. The minimum Gasteiger partial charge on any atom is -0.748 e. The van der Waals surface area contributed by atoms with Crippen LogP contribution in [0.4, 0.5) is 0 Å². The topological polar surface area (TPSA) is 86.3 Å². The lowest BCUT2D eigenvalue weighted by atomic mass is 10.5. The van der Waals surface area contributed by atoms with Crippen molar-refractivity contribution in [3.05, 3.63) is 0 Å². The van der Waals surface area contributed by atoms with Gasteiger partial charge in [0.25, 0.3) is 0 Å². The van der Waals surface area contributed by atoms with Crippen molar-refractivity contribution >= 4 is 16.0 Å². The van der Waals surface area contributed by atoms with Gasteiger partial charge in [-0.2, -0.15) is 0 Å². The van der Waals surface area contributed by atoms with Crippen LogP contribution in [0.5, 0.6) is 0 Å². The summed E-state index contributed by atoms with van der Waals surface area (Å²) in [5.41, 5.74) is 0. The monoisotopic (exact) mass is 185 g/mol. The zero-order chi connectivity index (χ0) is 13.2. The Bertz CT molecular complexity index is 362. The Labute approximate surface area is 72.6 Å². The van der Waals surface area contributed by atoms with Gasteiger partial charge in [0.05, 0.1) is 10.1 Å². The molecule has 0 aromatic rings. The minimum atomic E-state index is -4.78. The van der Waals surface area contributed by atoms with Crippen molar-refractivity contribution in [2.75, 3.05) is 12.3 Å². The number of nitrogens with one attached hydrogen (secondary N) is 1. The summed E-state index contributed by atoms with van der Waals surface area (Å²) in [6.45, 7) is -3.79. The highest BCUT2D eigenvalue weighted by Crippen LogP contribution is 1.85. The van der Waals surface area contributed by atoms with Crippen LogP contribution < -0.4 is 5.32 Å². The molecule has 0 aliphatic rings. The first kappa shape index (κ1) is 4.42. The first-order chi connectivity index (χ1) is 6.83. The molecule has 0 aromatic carbocycles. The minimum absolute atomic E-state index is 0.855. The smallest absolute Gasteiger partial charge is 0.216 e. The highest BCUT2D eigenvalue weighted by atomic mass is 32.2. The van der Waals surface area contributed by atoms with E-state index in [2.05, 4.69) is 0 Å². The molecule has 0 aliphatic carbocycles. The fourth-order valence-corrected chi connectivity index (χ4v) is 0.671. The highest BCUT2D eigenvalue weighted by molar-refractivity contribution is 7.85. The Morgan fingerprint density at radius 2 is 2.45 bits per heavy atom. The normalized spacial score (nSPS) is 20.3. The molecule has 0 aromatic heterocycles. The van der Waals surface area contributed by atoms with Gasteiger partial charge in [-0.25, -0.2) is 8.42 Å². The number of hydrogen-bond acceptors (Lipinski definition) is 4. The Kier molecular flexibility index (Phi) is 1.73. The van der Waals surface area contributed by atoms with E-state index in [0.717, 1.165) is 0 Å². The molecule has 0 fully saturated rings. The lowest BCUT2D eigenvalue weighted by Crippen LogP contribution is -2.22. The molecule has 0 heterocycles. The maximum absolute atomic E-state index is 10.8. The predicted molar refractivity (Wildman–Crippen MR) is 37.9 cm³/mol. The summed E-state index contributed by atoms with van der Waals surface area (Å²) in [5, 5.41) is 1.71. The number of amides is 1. The Hall–Kier alpha value is -0.620. The Balaban J connectivity index is 4.36. The molecule has 66 valence electrons. The van der Waals surface area contributed by atoms with E-state index >= 15 is 0 Å². The van der Waals surface area contributed by atoms with Crippen LogP contribution in [-0.4, -0.2) is 31.2 Å². The summed E-state index contributed by atoms with van der Waals surface area (Å²) in [7, 11) is -4.78. The molecule has 11 heavy (non-hydrogen) atoms. The summed E-state index contributed by atoms with van der Waals surface area (Å²) in [5.74, 6) is -2.74. The standard InChI is InChI=1S/C5H11NO4S/c1-5(7)6-3-2-4-11(8,9)10/h2-4H2,1H3,(H,6,7)(H,8,9,10)/p-1/i1D3,2D2. The highest BCUT2D eigenvalue weighted by Gasteiger charge is 1.95. The number of carbonyl (C=O) groups is 1. The largest absolute Gasteiger partial charge is 0.748 e. The summed E-state index contributed by atoms with van der Waals surface area (Å²) in [4.78, 5) is 10.8. The van der Waals surface area contributed by atoms with Gasteiger partial charge in [-0.15, -0.1) is 0 Å². The Morgan fingerprint density at radius 3 is 2.91 bits per heavy atom. The molecule has 0 saturated heterocycles. The van der Waals surface area contributed by atoms with Crippen LogP contribution in [0.1, 0.15) is 20.1 Å². The quantitative estimate of drug-likeness (QED) is 0.572. The Morgan fingerprint density at radius 1 is 1.82 bits per heavy atom. The van der Waals surface area contributed by atoms with Gasteiger partial charge in [0.15, 0.2) is 0 Å². The lowest BCUT2D eigenvalue weighted by Gasteiger charge is -2.05. The molecule has 0 spiro atoms. The SMILES string of the molecule is [2H]C([2H])(CNC(=O)C([2H])([2H])[2H])CS(=O)(=O)[O-]. The van der Waals surface area contributed by atoms with E-state index in [0.29, 0.717) is 0 Å². The van der Waals surface area contributed by atoms with E-state index in [9.17, 15) is 17.8 Å². The first-order valence-electron chi connectivity index (χ1n) is 5.05. The zero-order valence-electron chi connectivity index (χ0n) is 10.5. The van der Waals surface area contributed by atoms with Crippen molar-refractivity contribution in [3.63, 3.8) is 0 Å². The van der Waals surface area contributed by atoms with Crippen molar-refractivity contribution < 1.29 is 24.6 Å². The molecular weight excluding hydrogens is 170 g/mol. The van der Waals surface area contributed by atoms with Crippen LogP contribution in [0.3, 0.4) is 0 Å². The predicted octanol–water partition coefficient (Wildman–Crippen LogP) is -0.942. The van der Waals surface area contributed by atoms with Crippen molar-refractivity contribution in [1.29, 1.82) is 0 Å². The fraction of sp³-hybridized carbons (Fsp3) is 0.800. The van der Waals surface area contributed by atoms with E-state index in [4.69, 9.17) is 6.85 Å². The molecule has 0 unspecified atom stereocenters. The lowest BCUT2D eigenvalue weighted by molar-refractivity contribution is -0.118. The molecule has 0 bridgehead atoms. The van der Waals surface area contributed by atoms with Gasteiger partial charge < -0.3 is 9.87 Å². The molecule has 6 heteroatoms. The van der Waals surface area contributed by atoms with Crippen LogP contribution in [0.15, 0.2) is 0 Å². The van der Waals surface area contributed by atoms with Gasteiger partial charge in [0, 0.05) is 26.0 Å². The molecule has 5 nitrogen and oxygen atoms in total. The van der Waals surface area contributed by atoms with Crippen molar-refractivity contribution in [1.82, 2.24) is 5.32 Å². The second kappa shape index (κ2) is 4.30. The second-order valence-electron chi connectivity index (χ2n) is 1.63. The van der Waals surface area contributed by atoms with Crippen molar-refractivity contribution in [2.45, 2.75) is 13.2 Å². The van der Waals surface area contributed by atoms with Crippen LogP contribution in [0, 0.1) is 0 Å². The van der Waals surface area contributed by atoms with Crippen molar-refractivity contribution in [3.8, 4) is 0 Å². The first-order valence-corrected chi connectivity index (χ1v) is 4.13. The number of carbonyl (C=O) groups excluding carboxylic acids is 1. The molecule has 1 amide bonds. The average Bonchev–Trinajstić information content (AvgIpc) is 1.93. The summed E-state index contributed by atoms with van der Waals surface area (Å²) >= 11 is 0. The van der Waals surface area contributed by atoms with Gasteiger partial charge in [-0.1, -0.05) is 0 Å². The number of hydrogen-bond donors (Lipinski definition) is 1. The van der Waals surface area contributed by atoms with E-state index in [1.165, 1.54) is 0 Å². The third-order valence-corrected chi connectivity index (χ3v) is 1.21. The van der Waals surface area contributed by atoms with E-state index in [1.807, 2.05) is 0 Å². The van der Waals surface area contributed by atoms with Crippen LogP contribution in [0.25, 0.3) is 0 Å². The molecule has 0 saturated carbocycles. The average molecular weight is 185 g/mol. The molecule has 0 rings (SSSR count). The van der Waals surface area contributed by atoms with Crippen LogP contribution >= 0.6 is 0 Å². The molecule has 0 aliphatic heterocycles. The third kappa shape index (κ3) is 9.38. The zero-order valence-corrected chi connectivity index (χ0v) is 6.27. The van der Waals surface area contributed by atoms with Gasteiger partial charge in [0.2, 0.25) is 5.91 Å². The van der Waals surface area contributed by atoms with Gasteiger partial charge >= 0.3 is 0 Å². The molecule has 1 N–H and O–H groups in total.